The van der Waals surface area contributed by atoms with Gasteiger partial charge in [-0.3, -0.25) is 9.69 Å². The van der Waals surface area contributed by atoms with Gasteiger partial charge in [0.05, 0.1) is 15.1 Å². The SMILES string of the molecule is CCCCN(CCCC)S(=O)(=O)c1ccc(C(=O)N(CCN(CC)CC)c2nc3c(C)cccc3s2)cc1.Cl. The second-order valence-corrected chi connectivity index (χ2v) is 12.5. The summed E-state index contributed by atoms with van der Waals surface area (Å²) >= 11 is 1.51. The minimum atomic E-state index is -3.62. The van der Waals surface area contributed by atoms with E-state index in [2.05, 4.69) is 32.6 Å². The van der Waals surface area contributed by atoms with Gasteiger partial charge in [0.15, 0.2) is 5.13 Å². The number of carbonyl (C=O) groups excluding carboxylic acids is 1. The Hall–Kier alpha value is -2.04. The number of nitrogens with zero attached hydrogens (tertiary/aromatic N) is 4. The van der Waals surface area contributed by atoms with E-state index in [4.69, 9.17) is 4.98 Å². The molecule has 39 heavy (non-hydrogen) atoms. The number of benzene rings is 2. The highest BCUT2D eigenvalue weighted by Gasteiger charge is 2.26. The lowest BCUT2D eigenvalue weighted by atomic mass is 10.2. The minimum Gasteiger partial charge on any atom is -0.302 e. The van der Waals surface area contributed by atoms with E-state index < -0.39 is 10.0 Å². The quantitative estimate of drug-likeness (QED) is 0.198. The number of thiazole rings is 1. The van der Waals surface area contributed by atoms with Crippen LogP contribution in [0.15, 0.2) is 47.4 Å². The number of aryl methyl sites for hydroxylation is 1. The monoisotopic (exact) mass is 594 g/mol. The lowest BCUT2D eigenvalue weighted by Gasteiger charge is -2.25. The average Bonchev–Trinajstić information content (AvgIpc) is 3.36. The van der Waals surface area contributed by atoms with Gasteiger partial charge in [-0.1, -0.05) is 64.0 Å². The lowest BCUT2D eigenvalue weighted by Crippen LogP contribution is -2.39. The average molecular weight is 595 g/mol. The molecular weight excluding hydrogens is 552 g/mol. The molecule has 0 atom stereocenters. The third-order valence-electron chi connectivity index (χ3n) is 6.88. The van der Waals surface area contributed by atoms with Crippen molar-refractivity contribution in [3.05, 3.63) is 53.6 Å². The van der Waals surface area contributed by atoms with Crippen LogP contribution in [0.4, 0.5) is 5.13 Å². The summed E-state index contributed by atoms with van der Waals surface area (Å²) in [6, 6.07) is 12.5. The van der Waals surface area contributed by atoms with Crippen LogP contribution in [0, 0.1) is 6.92 Å². The zero-order valence-electron chi connectivity index (χ0n) is 23.9. The molecule has 0 aliphatic carbocycles. The van der Waals surface area contributed by atoms with Gasteiger partial charge in [0.2, 0.25) is 10.0 Å². The number of halogens is 1. The van der Waals surface area contributed by atoms with Crippen molar-refractivity contribution >= 4 is 55.0 Å². The van der Waals surface area contributed by atoms with E-state index in [1.165, 1.54) is 11.3 Å². The van der Waals surface area contributed by atoms with Gasteiger partial charge in [-0.2, -0.15) is 4.31 Å². The molecule has 216 valence electrons. The van der Waals surface area contributed by atoms with E-state index in [1.54, 1.807) is 33.5 Å². The zero-order chi connectivity index (χ0) is 27.7. The highest BCUT2D eigenvalue weighted by Crippen LogP contribution is 2.31. The molecule has 0 radical (unpaired) electrons. The molecule has 0 aliphatic heterocycles. The maximum absolute atomic E-state index is 13.8. The van der Waals surface area contributed by atoms with Gasteiger partial charge >= 0.3 is 0 Å². The van der Waals surface area contributed by atoms with Crippen LogP contribution in [0.5, 0.6) is 0 Å². The molecule has 1 heterocycles. The minimum absolute atomic E-state index is 0. The Morgan fingerprint density at radius 1 is 0.872 bits per heavy atom. The van der Waals surface area contributed by atoms with Gasteiger partial charge < -0.3 is 4.90 Å². The number of carbonyl (C=O) groups is 1. The molecular formula is C29H43ClN4O3S2. The molecule has 0 unspecified atom stereocenters. The van der Waals surface area contributed by atoms with Crippen molar-refractivity contribution in [3.63, 3.8) is 0 Å². The van der Waals surface area contributed by atoms with E-state index in [9.17, 15) is 13.2 Å². The van der Waals surface area contributed by atoms with Crippen molar-refractivity contribution in [2.45, 2.75) is 65.2 Å². The van der Waals surface area contributed by atoms with Crippen LogP contribution < -0.4 is 4.90 Å². The third kappa shape index (κ3) is 8.24. The largest absolute Gasteiger partial charge is 0.302 e. The number of hydrogen-bond donors (Lipinski definition) is 0. The van der Waals surface area contributed by atoms with E-state index >= 15 is 0 Å². The summed E-state index contributed by atoms with van der Waals surface area (Å²) in [5.41, 5.74) is 2.44. The lowest BCUT2D eigenvalue weighted by molar-refractivity contribution is 0.0983. The predicted octanol–water partition coefficient (Wildman–Crippen LogP) is 6.61. The Morgan fingerprint density at radius 2 is 1.49 bits per heavy atom. The van der Waals surface area contributed by atoms with Crippen molar-refractivity contribution in [1.82, 2.24) is 14.2 Å². The van der Waals surface area contributed by atoms with Gasteiger partial charge in [-0.25, -0.2) is 13.4 Å². The first-order valence-electron chi connectivity index (χ1n) is 13.8. The molecule has 0 N–H and O–H groups in total. The smallest absolute Gasteiger partial charge is 0.260 e. The van der Waals surface area contributed by atoms with Gasteiger partial charge in [0, 0.05) is 31.7 Å². The van der Waals surface area contributed by atoms with Crippen LogP contribution in [0.25, 0.3) is 10.2 Å². The van der Waals surface area contributed by atoms with Crippen LogP contribution in [-0.4, -0.2) is 67.8 Å². The van der Waals surface area contributed by atoms with Crippen LogP contribution >= 0.6 is 23.7 Å². The topological polar surface area (TPSA) is 73.8 Å². The van der Waals surface area contributed by atoms with Gasteiger partial charge in [-0.05, 0) is 68.8 Å². The summed E-state index contributed by atoms with van der Waals surface area (Å²) in [5.74, 6) is -0.174. The molecule has 7 nitrogen and oxygen atoms in total. The maximum atomic E-state index is 13.8. The Kier molecular flexibility index (Phi) is 13.3. The molecule has 1 amide bonds. The fourth-order valence-corrected chi connectivity index (χ4v) is 6.94. The van der Waals surface area contributed by atoms with Crippen LogP contribution in [-0.2, 0) is 10.0 Å². The Bertz CT molecular complexity index is 1280. The molecule has 0 saturated heterocycles. The first-order valence-corrected chi connectivity index (χ1v) is 16.0. The van der Waals surface area contributed by atoms with Gasteiger partial charge in [-0.15, -0.1) is 12.4 Å². The van der Waals surface area contributed by atoms with Crippen molar-refractivity contribution in [3.8, 4) is 0 Å². The van der Waals surface area contributed by atoms with E-state index in [0.717, 1.165) is 61.1 Å². The molecule has 0 fully saturated rings. The molecule has 3 aromatic rings. The maximum Gasteiger partial charge on any atom is 0.260 e. The highest BCUT2D eigenvalue weighted by atomic mass is 35.5. The number of fused-ring (bicyclic) bond motifs is 1. The normalized spacial score (nSPS) is 11.8. The Balaban J connectivity index is 0.00000533. The second kappa shape index (κ2) is 15.7. The van der Waals surface area contributed by atoms with E-state index in [1.807, 2.05) is 25.1 Å². The third-order valence-corrected chi connectivity index (χ3v) is 9.84. The summed E-state index contributed by atoms with van der Waals surface area (Å²) in [6.45, 7) is 14.4. The van der Waals surface area contributed by atoms with Crippen molar-refractivity contribution < 1.29 is 13.2 Å². The summed E-state index contributed by atoms with van der Waals surface area (Å²) in [6.07, 6.45) is 3.51. The van der Waals surface area contributed by atoms with Crippen molar-refractivity contribution in [2.24, 2.45) is 0 Å². The fraction of sp³-hybridized carbons (Fsp3) is 0.517. The molecule has 0 saturated carbocycles. The molecule has 0 aliphatic rings. The summed E-state index contributed by atoms with van der Waals surface area (Å²) < 4.78 is 29.4. The number of para-hydroxylation sites is 1. The number of aromatic nitrogens is 1. The molecule has 10 heteroatoms. The van der Waals surface area contributed by atoms with Gasteiger partial charge in [0.1, 0.15) is 0 Å². The predicted molar refractivity (Wildman–Crippen MR) is 166 cm³/mol. The summed E-state index contributed by atoms with van der Waals surface area (Å²) in [5, 5.41) is 0.661. The number of sulfonamides is 1. The first kappa shape index (κ1) is 33.2. The molecule has 2 aromatic carbocycles. The second-order valence-electron chi connectivity index (χ2n) is 9.54. The molecule has 0 bridgehead atoms. The number of anilines is 1. The van der Waals surface area contributed by atoms with Crippen LogP contribution in [0.3, 0.4) is 0 Å². The number of amides is 1. The standard InChI is InChI=1S/C29H42N4O3S2.ClH/c1-6-10-19-32(20-11-7-2)38(35,36)25-17-15-24(16-18-25)28(34)33(22-21-31(8-3)9-4)29-30-27-23(5)13-12-14-26(27)37-29;/h12-18H,6-11,19-22H2,1-5H3;1H. The molecule has 3 rings (SSSR count). The van der Waals surface area contributed by atoms with E-state index in [0.29, 0.717) is 30.3 Å². The number of hydrogen-bond acceptors (Lipinski definition) is 6. The van der Waals surface area contributed by atoms with Gasteiger partial charge in [0.25, 0.3) is 5.91 Å². The zero-order valence-corrected chi connectivity index (χ0v) is 26.3. The van der Waals surface area contributed by atoms with Crippen molar-refractivity contribution in [2.75, 3.05) is 44.2 Å². The molecule has 1 aromatic heterocycles. The summed E-state index contributed by atoms with van der Waals surface area (Å²) in [4.78, 5) is 22.9. The number of likely N-dealkylation sites (N-methyl/N-ethyl adjacent to an activating group) is 1. The number of rotatable bonds is 15. The molecule has 0 spiro atoms. The fourth-order valence-electron chi connectivity index (χ4n) is 4.35. The van der Waals surface area contributed by atoms with Crippen LogP contribution in [0.1, 0.15) is 69.3 Å². The number of unbranched alkanes of at least 4 members (excludes halogenated alkanes) is 2. The highest BCUT2D eigenvalue weighted by molar-refractivity contribution is 7.89. The summed E-state index contributed by atoms with van der Waals surface area (Å²) in [7, 11) is -3.62. The van der Waals surface area contributed by atoms with Crippen LogP contribution in [0.2, 0.25) is 0 Å². The van der Waals surface area contributed by atoms with E-state index in [-0.39, 0.29) is 23.2 Å². The Labute approximate surface area is 244 Å². The van der Waals surface area contributed by atoms with Crippen molar-refractivity contribution in [1.29, 1.82) is 0 Å². The first-order chi connectivity index (χ1) is 18.3. The Morgan fingerprint density at radius 3 is 2.03 bits per heavy atom.